The van der Waals surface area contributed by atoms with E-state index in [0.29, 0.717) is 11.8 Å². The number of aliphatic imine (C=N–C) groups is 1. The van der Waals surface area contributed by atoms with Crippen molar-refractivity contribution in [1.29, 1.82) is 0 Å². The molecule has 0 saturated heterocycles. The first-order chi connectivity index (χ1) is 4.68. The maximum absolute atomic E-state index is 10.7. The maximum atomic E-state index is 10.7. The van der Waals surface area contributed by atoms with Crippen molar-refractivity contribution in [3.63, 3.8) is 0 Å². The van der Waals surface area contributed by atoms with Gasteiger partial charge in [-0.15, -0.1) is 0 Å². The average Bonchev–Trinajstić information content (AvgIpc) is 2.13. The SMILES string of the molecule is CC(C)CC1=NCS(=O)N1. The fraction of sp³-hybridized carbons (Fsp3) is 0.833. The van der Waals surface area contributed by atoms with Crippen LogP contribution in [0.5, 0.6) is 0 Å². The van der Waals surface area contributed by atoms with Crippen LogP contribution in [-0.4, -0.2) is 15.9 Å². The lowest BCUT2D eigenvalue weighted by atomic mass is 10.1. The molecule has 0 aliphatic carbocycles. The summed E-state index contributed by atoms with van der Waals surface area (Å²) in [4.78, 5) is 4.06. The van der Waals surface area contributed by atoms with Crippen LogP contribution in [0.4, 0.5) is 0 Å². The molecule has 0 aromatic heterocycles. The molecule has 1 aliphatic rings. The van der Waals surface area contributed by atoms with E-state index in [9.17, 15) is 4.21 Å². The summed E-state index contributed by atoms with van der Waals surface area (Å²) in [5.41, 5.74) is 0. The number of nitrogens with one attached hydrogen (secondary N) is 1. The van der Waals surface area contributed by atoms with Crippen LogP contribution < -0.4 is 4.72 Å². The summed E-state index contributed by atoms with van der Waals surface area (Å²) >= 11 is 0. The molecule has 0 fully saturated rings. The first-order valence-corrected chi connectivity index (χ1v) is 4.68. The molecular weight excluding hydrogens is 148 g/mol. The number of hydrogen-bond donors (Lipinski definition) is 1. The Morgan fingerprint density at radius 3 is 2.90 bits per heavy atom. The minimum atomic E-state index is -0.923. The number of nitrogens with zero attached hydrogens (tertiary/aromatic N) is 1. The van der Waals surface area contributed by atoms with Crippen LogP contribution in [0.3, 0.4) is 0 Å². The molecule has 0 amide bonds. The second kappa shape index (κ2) is 3.14. The van der Waals surface area contributed by atoms with Crippen molar-refractivity contribution >= 4 is 16.8 Å². The van der Waals surface area contributed by atoms with Crippen molar-refractivity contribution in [2.45, 2.75) is 20.3 Å². The zero-order valence-corrected chi connectivity index (χ0v) is 7.07. The van der Waals surface area contributed by atoms with E-state index < -0.39 is 11.0 Å². The average molecular weight is 160 g/mol. The van der Waals surface area contributed by atoms with Gasteiger partial charge >= 0.3 is 0 Å². The highest BCUT2D eigenvalue weighted by Crippen LogP contribution is 2.03. The van der Waals surface area contributed by atoms with E-state index in [-0.39, 0.29) is 0 Å². The second-order valence-corrected chi connectivity index (χ2v) is 3.93. The lowest BCUT2D eigenvalue weighted by molar-refractivity contribution is 0.674. The van der Waals surface area contributed by atoms with E-state index in [1.165, 1.54) is 0 Å². The molecule has 0 bridgehead atoms. The summed E-state index contributed by atoms with van der Waals surface area (Å²) in [5, 5.41) is 0. The quantitative estimate of drug-likeness (QED) is 0.633. The van der Waals surface area contributed by atoms with E-state index in [4.69, 9.17) is 0 Å². The topological polar surface area (TPSA) is 41.5 Å². The van der Waals surface area contributed by atoms with Gasteiger partial charge in [0.05, 0.1) is 0 Å². The number of rotatable bonds is 2. The van der Waals surface area contributed by atoms with Gasteiger partial charge in [0.1, 0.15) is 22.7 Å². The Kier molecular flexibility index (Phi) is 2.43. The molecule has 1 rings (SSSR count). The lowest BCUT2D eigenvalue weighted by Gasteiger charge is -2.02. The van der Waals surface area contributed by atoms with Crippen molar-refractivity contribution < 1.29 is 4.21 Å². The predicted octanol–water partition coefficient (Wildman–Crippen LogP) is 0.655. The molecule has 0 aromatic carbocycles. The van der Waals surface area contributed by atoms with Crippen molar-refractivity contribution in [2.75, 3.05) is 5.88 Å². The summed E-state index contributed by atoms with van der Waals surface area (Å²) < 4.78 is 13.5. The van der Waals surface area contributed by atoms with Gasteiger partial charge in [0.2, 0.25) is 0 Å². The molecule has 0 aromatic rings. The van der Waals surface area contributed by atoms with Crippen LogP contribution in [0.25, 0.3) is 0 Å². The Morgan fingerprint density at radius 2 is 2.50 bits per heavy atom. The zero-order chi connectivity index (χ0) is 7.56. The predicted molar refractivity (Wildman–Crippen MR) is 43.0 cm³/mol. The molecule has 1 unspecified atom stereocenters. The van der Waals surface area contributed by atoms with E-state index >= 15 is 0 Å². The summed E-state index contributed by atoms with van der Waals surface area (Å²) in [7, 11) is -0.923. The Hall–Kier alpha value is -0.380. The molecular formula is C6H12N2OS. The summed E-state index contributed by atoms with van der Waals surface area (Å²) in [5.74, 6) is 1.91. The largest absolute Gasteiger partial charge is 0.292 e. The summed E-state index contributed by atoms with van der Waals surface area (Å²) in [6, 6.07) is 0. The second-order valence-electron chi connectivity index (χ2n) is 2.78. The number of amidine groups is 1. The normalized spacial score (nSPS) is 24.7. The van der Waals surface area contributed by atoms with Gasteiger partial charge in [-0.25, -0.2) is 4.21 Å². The van der Waals surface area contributed by atoms with E-state index in [0.717, 1.165) is 12.3 Å². The third-order valence-electron chi connectivity index (χ3n) is 1.21. The summed E-state index contributed by atoms with van der Waals surface area (Å²) in [6.45, 7) is 4.23. The van der Waals surface area contributed by atoms with Crippen molar-refractivity contribution in [1.82, 2.24) is 4.72 Å². The Morgan fingerprint density at radius 1 is 1.80 bits per heavy atom. The van der Waals surface area contributed by atoms with Crippen LogP contribution in [-0.2, 0) is 11.0 Å². The minimum Gasteiger partial charge on any atom is -0.292 e. The van der Waals surface area contributed by atoms with Crippen molar-refractivity contribution in [3.8, 4) is 0 Å². The summed E-state index contributed by atoms with van der Waals surface area (Å²) in [6.07, 6.45) is 0.908. The molecule has 0 saturated carbocycles. The number of hydrogen-bond acceptors (Lipinski definition) is 2. The van der Waals surface area contributed by atoms with Crippen molar-refractivity contribution in [2.24, 2.45) is 10.9 Å². The van der Waals surface area contributed by atoms with Gasteiger partial charge in [0.15, 0.2) is 0 Å². The van der Waals surface area contributed by atoms with Gasteiger partial charge in [-0.1, -0.05) is 13.8 Å². The smallest absolute Gasteiger partial charge is 0.140 e. The minimum absolute atomic E-state index is 0.433. The fourth-order valence-electron chi connectivity index (χ4n) is 0.825. The molecule has 1 heterocycles. The molecule has 0 spiro atoms. The van der Waals surface area contributed by atoms with E-state index in [1.807, 2.05) is 0 Å². The van der Waals surface area contributed by atoms with Gasteiger partial charge in [-0.05, 0) is 5.92 Å². The van der Waals surface area contributed by atoms with Gasteiger partial charge < -0.3 is 0 Å². The molecule has 58 valence electrons. The zero-order valence-electron chi connectivity index (χ0n) is 6.26. The third kappa shape index (κ3) is 2.10. The first-order valence-electron chi connectivity index (χ1n) is 3.37. The molecule has 3 nitrogen and oxygen atoms in total. The maximum Gasteiger partial charge on any atom is 0.140 e. The highest BCUT2D eigenvalue weighted by atomic mass is 32.2. The Balaban J connectivity index is 2.37. The highest BCUT2D eigenvalue weighted by molar-refractivity contribution is 7.83. The van der Waals surface area contributed by atoms with Crippen molar-refractivity contribution in [3.05, 3.63) is 0 Å². The van der Waals surface area contributed by atoms with Crippen LogP contribution in [0.15, 0.2) is 4.99 Å². The fourth-order valence-corrected chi connectivity index (χ4v) is 1.57. The van der Waals surface area contributed by atoms with Crippen LogP contribution in [0.2, 0.25) is 0 Å². The first kappa shape index (κ1) is 7.72. The molecule has 1 aliphatic heterocycles. The molecule has 10 heavy (non-hydrogen) atoms. The Labute approximate surface area is 63.5 Å². The molecule has 4 heteroatoms. The monoisotopic (exact) mass is 160 g/mol. The Bertz CT molecular complexity index is 177. The van der Waals surface area contributed by atoms with Gasteiger partial charge in [0, 0.05) is 6.42 Å². The molecule has 1 N–H and O–H groups in total. The highest BCUT2D eigenvalue weighted by Gasteiger charge is 2.11. The van der Waals surface area contributed by atoms with Gasteiger partial charge in [-0.2, -0.15) is 0 Å². The molecule has 0 radical (unpaired) electrons. The van der Waals surface area contributed by atoms with E-state index in [1.54, 1.807) is 0 Å². The van der Waals surface area contributed by atoms with Gasteiger partial charge in [-0.3, -0.25) is 9.71 Å². The lowest BCUT2D eigenvalue weighted by Crippen LogP contribution is -2.20. The van der Waals surface area contributed by atoms with Crippen LogP contribution in [0.1, 0.15) is 20.3 Å². The standard InChI is InChI=1S/C6H12N2OS/c1-5(2)3-6-7-4-10(9)8-6/h5H,3-4H2,1-2H3,(H,7,8). The van der Waals surface area contributed by atoms with Gasteiger partial charge in [0.25, 0.3) is 0 Å². The van der Waals surface area contributed by atoms with E-state index in [2.05, 4.69) is 23.6 Å². The van der Waals surface area contributed by atoms with Crippen LogP contribution >= 0.6 is 0 Å². The third-order valence-corrected chi connectivity index (χ3v) is 2.03. The molecule has 1 atom stereocenters. The van der Waals surface area contributed by atoms with Crippen LogP contribution in [0, 0.1) is 5.92 Å².